The van der Waals surface area contributed by atoms with E-state index in [4.69, 9.17) is 9.47 Å². The Hall–Kier alpha value is -3.05. The summed E-state index contributed by atoms with van der Waals surface area (Å²) < 4.78 is 75.1. The Kier molecular flexibility index (Phi) is 10.6. The second kappa shape index (κ2) is 13.1. The molecule has 0 unspecified atom stereocenters. The molecule has 2 N–H and O–H groups in total. The number of sulfonamides is 1. The van der Waals surface area contributed by atoms with Crippen LogP contribution in [0.1, 0.15) is 37.3 Å². The van der Waals surface area contributed by atoms with Crippen molar-refractivity contribution in [3.05, 3.63) is 59.7 Å². The SMILES string of the molecule is CCCCCS(=O)(=O)NC(=O)C=Cc1ccc(OCCOC)cc1Nc1ccc(C(F)(F)F)cc1. The lowest BCUT2D eigenvalue weighted by Gasteiger charge is -2.14. The highest BCUT2D eigenvalue weighted by molar-refractivity contribution is 7.90. The van der Waals surface area contributed by atoms with Crippen LogP contribution >= 0.6 is 0 Å². The van der Waals surface area contributed by atoms with Gasteiger partial charge in [-0.05, 0) is 54.5 Å². The summed E-state index contributed by atoms with van der Waals surface area (Å²) in [7, 11) is -2.21. The summed E-state index contributed by atoms with van der Waals surface area (Å²) in [4.78, 5) is 12.2. The van der Waals surface area contributed by atoms with Gasteiger partial charge in [0.05, 0.1) is 17.9 Å². The molecule has 2 aromatic rings. The predicted octanol–water partition coefficient (Wildman–Crippen LogP) is 5.12. The number of benzene rings is 2. The Morgan fingerprint density at radius 2 is 1.77 bits per heavy atom. The molecule has 0 radical (unpaired) electrons. The molecule has 0 saturated carbocycles. The van der Waals surface area contributed by atoms with Gasteiger partial charge in [0, 0.05) is 30.6 Å². The summed E-state index contributed by atoms with van der Waals surface area (Å²) in [6.07, 6.45) is 0.0740. The maximum Gasteiger partial charge on any atom is 0.416 e. The molecule has 192 valence electrons. The number of methoxy groups -OCH3 is 1. The Balaban J connectivity index is 2.22. The molecule has 0 bridgehead atoms. The fourth-order valence-corrected chi connectivity index (χ4v) is 4.03. The molecule has 0 saturated heterocycles. The third kappa shape index (κ3) is 9.99. The van der Waals surface area contributed by atoms with Crippen molar-refractivity contribution < 1.29 is 35.9 Å². The molecule has 11 heteroatoms. The lowest BCUT2D eigenvalue weighted by molar-refractivity contribution is -0.137. The Bertz CT molecular complexity index is 1100. The van der Waals surface area contributed by atoms with Gasteiger partial charge in [-0.3, -0.25) is 4.79 Å². The fraction of sp³-hybridized carbons (Fsp3) is 0.375. The first kappa shape index (κ1) is 28.2. The summed E-state index contributed by atoms with van der Waals surface area (Å²) in [5.74, 6) is -0.478. The second-order valence-corrected chi connectivity index (χ2v) is 9.46. The van der Waals surface area contributed by atoms with Crippen molar-refractivity contribution in [3.63, 3.8) is 0 Å². The third-order valence-electron chi connectivity index (χ3n) is 4.76. The Labute approximate surface area is 203 Å². The molecule has 0 atom stereocenters. The van der Waals surface area contributed by atoms with Gasteiger partial charge in [0.15, 0.2) is 0 Å². The highest BCUT2D eigenvalue weighted by Gasteiger charge is 2.29. The average Bonchev–Trinajstić information content (AvgIpc) is 2.78. The summed E-state index contributed by atoms with van der Waals surface area (Å²) >= 11 is 0. The molecule has 0 aliphatic carbocycles. The monoisotopic (exact) mass is 514 g/mol. The standard InChI is InChI=1S/C24H29F3N2O5S/c1-3-4-5-16-35(31,32)29-23(30)13-7-18-6-12-21(34-15-14-33-2)17-22(18)28-20-10-8-19(9-11-20)24(25,26)27/h6-13,17,28H,3-5,14-16H2,1-2H3,(H,29,30). The number of alkyl halides is 3. The molecule has 0 heterocycles. The quantitative estimate of drug-likeness (QED) is 0.285. The molecule has 7 nitrogen and oxygen atoms in total. The topological polar surface area (TPSA) is 93.7 Å². The number of hydrogen-bond donors (Lipinski definition) is 2. The number of carbonyl (C=O) groups is 1. The van der Waals surface area contributed by atoms with Crippen molar-refractivity contribution in [2.24, 2.45) is 0 Å². The van der Waals surface area contributed by atoms with Crippen LogP contribution in [0.5, 0.6) is 5.75 Å². The van der Waals surface area contributed by atoms with Crippen LogP contribution in [-0.2, 0) is 25.7 Å². The van der Waals surface area contributed by atoms with Gasteiger partial charge in [0.1, 0.15) is 12.4 Å². The minimum absolute atomic E-state index is 0.144. The van der Waals surface area contributed by atoms with Gasteiger partial charge in [0.2, 0.25) is 10.0 Å². The molecule has 1 amide bonds. The van der Waals surface area contributed by atoms with Gasteiger partial charge in [-0.15, -0.1) is 0 Å². The van der Waals surface area contributed by atoms with Crippen LogP contribution in [0.4, 0.5) is 24.5 Å². The lowest BCUT2D eigenvalue weighted by Crippen LogP contribution is -2.31. The van der Waals surface area contributed by atoms with Crippen LogP contribution < -0.4 is 14.8 Å². The average molecular weight is 515 g/mol. The van der Waals surface area contributed by atoms with Crippen molar-refractivity contribution in [1.82, 2.24) is 4.72 Å². The van der Waals surface area contributed by atoms with E-state index < -0.39 is 27.7 Å². The van der Waals surface area contributed by atoms with Crippen LogP contribution in [-0.4, -0.2) is 40.4 Å². The molecule has 0 aliphatic heterocycles. The van der Waals surface area contributed by atoms with Gasteiger partial charge >= 0.3 is 6.18 Å². The smallest absolute Gasteiger partial charge is 0.416 e. The number of rotatable bonds is 13. The third-order valence-corrected chi connectivity index (χ3v) is 6.10. The fourth-order valence-electron chi connectivity index (χ4n) is 2.97. The van der Waals surface area contributed by atoms with Gasteiger partial charge in [0.25, 0.3) is 5.91 Å². The minimum atomic E-state index is -4.45. The molecular weight excluding hydrogens is 485 g/mol. The highest BCUT2D eigenvalue weighted by Crippen LogP contribution is 2.32. The molecule has 35 heavy (non-hydrogen) atoms. The van der Waals surface area contributed by atoms with Crippen LogP contribution in [0.2, 0.25) is 0 Å². The zero-order valence-electron chi connectivity index (χ0n) is 19.5. The largest absolute Gasteiger partial charge is 0.491 e. The van der Waals surface area contributed by atoms with Gasteiger partial charge in [-0.25, -0.2) is 13.1 Å². The number of hydrogen-bond acceptors (Lipinski definition) is 6. The van der Waals surface area contributed by atoms with E-state index in [0.717, 1.165) is 31.1 Å². The zero-order chi connectivity index (χ0) is 25.9. The first-order valence-corrected chi connectivity index (χ1v) is 12.6. The van der Waals surface area contributed by atoms with E-state index in [2.05, 4.69) is 5.32 Å². The molecular formula is C24H29F3N2O5S. The van der Waals surface area contributed by atoms with E-state index in [1.807, 2.05) is 11.6 Å². The Morgan fingerprint density at radius 1 is 1.06 bits per heavy atom. The van der Waals surface area contributed by atoms with Crippen molar-refractivity contribution in [3.8, 4) is 5.75 Å². The maximum absolute atomic E-state index is 12.9. The predicted molar refractivity (Wildman–Crippen MR) is 129 cm³/mol. The van der Waals surface area contributed by atoms with Crippen LogP contribution in [0.25, 0.3) is 6.08 Å². The van der Waals surface area contributed by atoms with E-state index in [1.165, 1.54) is 25.3 Å². The van der Waals surface area contributed by atoms with E-state index in [0.29, 0.717) is 35.7 Å². The number of unbranched alkanes of at least 4 members (excludes halogenated alkanes) is 2. The molecule has 0 fully saturated rings. The van der Waals surface area contributed by atoms with Crippen LogP contribution in [0.15, 0.2) is 48.5 Å². The molecule has 0 spiro atoms. The summed E-state index contributed by atoms with van der Waals surface area (Å²) in [6, 6.07) is 9.36. The van der Waals surface area contributed by atoms with E-state index in [1.54, 1.807) is 18.2 Å². The molecule has 2 rings (SSSR count). The first-order valence-electron chi connectivity index (χ1n) is 11.0. The normalized spacial score (nSPS) is 12.0. The number of nitrogens with one attached hydrogen (secondary N) is 2. The van der Waals surface area contributed by atoms with E-state index >= 15 is 0 Å². The number of halogens is 3. The van der Waals surface area contributed by atoms with E-state index in [9.17, 15) is 26.4 Å². The first-order chi connectivity index (χ1) is 16.5. The maximum atomic E-state index is 12.9. The molecule has 2 aromatic carbocycles. The van der Waals surface area contributed by atoms with Crippen LogP contribution in [0.3, 0.4) is 0 Å². The Morgan fingerprint density at radius 3 is 2.40 bits per heavy atom. The summed E-state index contributed by atoms with van der Waals surface area (Å²) in [5, 5.41) is 3.01. The van der Waals surface area contributed by atoms with Crippen molar-refractivity contribution in [2.45, 2.75) is 32.4 Å². The van der Waals surface area contributed by atoms with Crippen LogP contribution in [0, 0.1) is 0 Å². The van der Waals surface area contributed by atoms with Gasteiger partial charge in [-0.1, -0.05) is 19.8 Å². The summed E-state index contributed by atoms with van der Waals surface area (Å²) in [5.41, 5.74) is 0.526. The van der Waals surface area contributed by atoms with Crippen molar-refractivity contribution >= 4 is 33.4 Å². The number of anilines is 2. The highest BCUT2D eigenvalue weighted by atomic mass is 32.2. The second-order valence-electron chi connectivity index (χ2n) is 7.62. The zero-order valence-corrected chi connectivity index (χ0v) is 20.3. The van der Waals surface area contributed by atoms with Crippen molar-refractivity contribution in [2.75, 3.05) is 31.4 Å². The number of amides is 1. The number of carbonyl (C=O) groups excluding carboxylic acids is 1. The minimum Gasteiger partial charge on any atom is -0.491 e. The van der Waals surface area contributed by atoms with Gasteiger partial charge in [-0.2, -0.15) is 13.2 Å². The summed E-state index contributed by atoms with van der Waals surface area (Å²) in [6.45, 7) is 2.58. The van der Waals surface area contributed by atoms with E-state index in [-0.39, 0.29) is 12.4 Å². The van der Waals surface area contributed by atoms with Gasteiger partial charge < -0.3 is 14.8 Å². The number of ether oxygens (including phenoxy) is 2. The lowest BCUT2D eigenvalue weighted by atomic mass is 10.1. The molecule has 0 aliphatic rings. The van der Waals surface area contributed by atoms with Crippen molar-refractivity contribution in [1.29, 1.82) is 0 Å². The molecule has 0 aromatic heterocycles.